The van der Waals surface area contributed by atoms with E-state index in [1.807, 2.05) is 18.9 Å². The van der Waals surface area contributed by atoms with Crippen LogP contribution in [0.25, 0.3) is 0 Å². The molecule has 1 aliphatic carbocycles. The van der Waals surface area contributed by atoms with Gasteiger partial charge in [-0.05, 0) is 64.1 Å². The molecule has 10 heteroatoms. The first kappa shape index (κ1) is 24.3. The summed E-state index contributed by atoms with van der Waals surface area (Å²) in [6.07, 6.45) is -0.195. The second kappa shape index (κ2) is 8.76. The third-order valence-electron chi connectivity index (χ3n) is 7.34. The van der Waals surface area contributed by atoms with Crippen molar-refractivity contribution in [2.75, 3.05) is 31.1 Å². The maximum absolute atomic E-state index is 12.8. The van der Waals surface area contributed by atoms with E-state index in [4.69, 9.17) is 5.73 Å². The summed E-state index contributed by atoms with van der Waals surface area (Å²) in [5, 5.41) is 6.49. The lowest BCUT2D eigenvalue weighted by Crippen LogP contribution is -2.50. The van der Waals surface area contributed by atoms with E-state index in [-0.39, 0.29) is 17.3 Å². The molecule has 1 aromatic rings. The minimum Gasteiger partial charge on any atom is -0.382 e. The highest BCUT2D eigenvalue weighted by atomic mass is 32.2. The fourth-order valence-corrected chi connectivity index (χ4v) is 7.86. The van der Waals surface area contributed by atoms with Crippen LogP contribution >= 0.6 is 0 Å². The lowest BCUT2D eigenvalue weighted by molar-refractivity contribution is -0.137. The normalized spacial score (nSPS) is 27.3. The monoisotopic (exact) mass is 486 g/mol. The fourth-order valence-electron chi connectivity index (χ4n) is 5.61. The van der Waals surface area contributed by atoms with Crippen LogP contribution in [0.2, 0.25) is 0 Å². The molecule has 2 heterocycles. The number of likely N-dealkylation sites (tertiary alicyclic amines) is 1. The summed E-state index contributed by atoms with van der Waals surface area (Å²) in [6.45, 7) is 6.65. The van der Waals surface area contributed by atoms with Crippen LogP contribution in [-0.4, -0.2) is 67.4 Å². The Morgan fingerprint density at radius 3 is 2.48 bits per heavy atom. The number of hydrazone groups is 1. The predicted molar refractivity (Wildman–Crippen MR) is 122 cm³/mol. The van der Waals surface area contributed by atoms with Crippen LogP contribution in [-0.2, 0) is 16.0 Å². The van der Waals surface area contributed by atoms with E-state index in [0.717, 1.165) is 57.5 Å². The van der Waals surface area contributed by atoms with E-state index in [2.05, 4.69) is 10.0 Å². The molecule has 4 rings (SSSR count). The van der Waals surface area contributed by atoms with E-state index in [0.29, 0.717) is 29.0 Å². The van der Waals surface area contributed by atoms with Gasteiger partial charge in [-0.3, -0.25) is 9.91 Å². The van der Waals surface area contributed by atoms with Crippen molar-refractivity contribution in [3.63, 3.8) is 0 Å². The average Bonchev–Trinajstić information content (AvgIpc) is 3.33. The van der Waals surface area contributed by atoms with Crippen LogP contribution in [0, 0.1) is 11.3 Å². The van der Waals surface area contributed by atoms with Gasteiger partial charge >= 0.3 is 6.18 Å². The van der Waals surface area contributed by atoms with Crippen molar-refractivity contribution in [1.29, 1.82) is 0 Å². The molecule has 1 saturated carbocycles. The predicted octanol–water partition coefficient (Wildman–Crippen LogP) is 3.33. The largest absolute Gasteiger partial charge is 0.416 e. The molecular formula is C23H33F3N4O2S. The summed E-state index contributed by atoms with van der Waals surface area (Å²) < 4.78 is 61.8. The topological polar surface area (TPSA) is 79.0 Å². The lowest BCUT2D eigenvalue weighted by Gasteiger charge is -2.38. The van der Waals surface area contributed by atoms with E-state index in [1.54, 1.807) is 0 Å². The third-order valence-corrected chi connectivity index (χ3v) is 9.44. The second-order valence-corrected chi connectivity index (χ2v) is 12.4. The molecule has 0 amide bonds. The standard InChI is InChI=1S/C23H33F3N4O2S/c1-16(2)30(28-21(27)18-4-6-19(7-5-18)23(24,25)26)12-17-3-8-20(11-17)29-10-9-22(13-29)14-33(31,32)15-22/h4-7,16-17,20H,3,8-15H2,1-2H3,(H2,27,28)/t17-,20-/m0/s1. The number of nitrogens with two attached hydrogens (primary N) is 1. The van der Waals surface area contributed by atoms with Gasteiger partial charge in [0.2, 0.25) is 0 Å². The Labute approximate surface area is 193 Å². The summed E-state index contributed by atoms with van der Waals surface area (Å²) in [5.74, 6) is 1.33. The average molecular weight is 487 g/mol. The smallest absolute Gasteiger partial charge is 0.382 e. The van der Waals surface area contributed by atoms with Crippen molar-refractivity contribution in [3.8, 4) is 0 Å². The molecule has 1 aromatic carbocycles. The van der Waals surface area contributed by atoms with Crippen molar-refractivity contribution >= 4 is 15.7 Å². The van der Waals surface area contributed by atoms with E-state index in [1.165, 1.54) is 12.1 Å². The first-order chi connectivity index (χ1) is 15.4. The highest BCUT2D eigenvalue weighted by molar-refractivity contribution is 7.92. The summed E-state index contributed by atoms with van der Waals surface area (Å²) in [4.78, 5) is 2.48. The maximum atomic E-state index is 12.8. The lowest BCUT2D eigenvalue weighted by atomic mass is 9.91. The van der Waals surface area contributed by atoms with Gasteiger partial charge in [-0.1, -0.05) is 12.1 Å². The number of amidine groups is 1. The molecule has 2 N–H and O–H groups in total. The van der Waals surface area contributed by atoms with Crippen LogP contribution in [0.3, 0.4) is 0 Å². The van der Waals surface area contributed by atoms with Gasteiger partial charge in [-0.15, -0.1) is 0 Å². The van der Waals surface area contributed by atoms with Crippen LogP contribution < -0.4 is 5.73 Å². The van der Waals surface area contributed by atoms with Gasteiger partial charge in [-0.2, -0.15) is 18.3 Å². The summed E-state index contributed by atoms with van der Waals surface area (Å²) in [7, 11) is -2.82. The molecular weight excluding hydrogens is 453 g/mol. The number of sulfone groups is 1. The van der Waals surface area contributed by atoms with Crippen molar-refractivity contribution in [3.05, 3.63) is 35.4 Å². The highest BCUT2D eigenvalue weighted by Gasteiger charge is 2.53. The Balaban J connectivity index is 1.35. The Hall–Kier alpha value is -1.81. The summed E-state index contributed by atoms with van der Waals surface area (Å²) >= 11 is 0. The van der Waals surface area contributed by atoms with Crippen LogP contribution in [0.15, 0.2) is 29.4 Å². The van der Waals surface area contributed by atoms with Crippen molar-refractivity contribution in [1.82, 2.24) is 9.91 Å². The molecule has 2 atom stereocenters. The van der Waals surface area contributed by atoms with Crippen molar-refractivity contribution in [2.45, 2.75) is 57.8 Å². The molecule has 0 unspecified atom stereocenters. The van der Waals surface area contributed by atoms with Gasteiger partial charge in [0.05, 0.1) is 17.1 Å². The zero-order valence-corrected chi connectivity index (χ0v) is 20.0. The zero-order valence-electron chi connectivity index (χ0n) is 19.2. The number of rotatable bonds is 6. The van der Waals surface area contributed by atoms with Gasteiger partial charge in [0, 0.05) is 36.2 Å². The molecule has 2 aliphatic heterocycles. The molecule has 33 heavy (non-hydrogen) atoms. The minimum absolute atomic E-state index is 0.0126. The first-order valence-corrected chi connectivity index (χ1v) is 13.4. The van der Waals surface area contributed by atoms with Gasteiger partial charge in [0.15, 0.2) is 15.7 Å². The molecule has 3 fully saturated rings. The zero-order chi connectivity index (χ0) is 24.0. The summed E-state index contributed by atoms with van der Waals surface area (Å²) in [5.41, 5.74) is 5.88. The third kappa shape index (κ3) is 5.48. The Morgan fingerprint density at radius 2 is 1.91 bits per heavy atom. The van der Waals surface area contributed by atoms with Gasteiger partial charge in [-0.25, -0.2) is 8.42 Å². The SMILES string of the molecule is CC(C)N(C[C@H]1CC[C@H](N2CCC3(C2)CS(=O)(=O)C3)C1)/N=C(\N)c1ccc(C(F)(F)F)cc1. The Kier molecular flexibility index (Phi) is 6.46. The van der Waals surface area contributed by atoms with Crippen molar-refractivity contribution < 1.29 is 21.6 Å². The van der Waals surface area contributed by atoms with Crippen LogP contribution in [0.1, 0.15) is 50.7 Å². The minimum atomic E-state index is -4.38. The van der Waals surface area contributed by atoms with Crippen LogP contribution in [0.4, 0.5) is 13.2 Å². The molecule has 6 nitrogen and oxygen atoms in total. The number of alkyl halides is 3. The molecule has 1 spiro atoms. The van der Waals surface area contributed by atoms with E-state index < -0.39 is 21.6 Å². The molecule has 0 aromatic heterocycles. The quantitative estimate of drug-likeness (QED) is 0.379. The summed E-state index contributed by atoms with van der Waals surface area (Å²) in [6, 6.07) is 5.34. The molecule has 2 saturated heterocycles. The molecule has 0 bridgehead atoms. The number of benzene rings is 1. The van der Waals surface area contributed by atoms with Gasteiger partial charge in [0.25, 0.3) is 0 Å². The number of halogens is 3. The maximum Gasteiger partial charge on any atom is 0.416 e. The van der Waals surface area contributed by atoms with E-state index in [9.17, 15) is 21.6 Å². The molecule has 184 valence electrons. The Morgan fingerprint density at radius 1 is 1.24 bits per heavy atom. The first-order valence-electron chi connectivity index (χ1n) is 11.6. The number of hydrogen-bond acceptors (Lipinski definition) is 5. The molecule has 0 radical (unpaired) electrons. The van der Waals surface area contributed by atoms with Crippen LogP contribution in [0.5, 0.6) is 0 Å². The van der Waals surface area contributed by atoms with Gasteiger partial charge < -0.3 is 5.73 Å². The van der Waals surface area contributed by atoms with Gasteiger partial charge in [0.1, 0.15) is 0 Å². The van der Waals surface area contributed by atoms with Crippen molar-refractivity contribution in [2.24, 2.45) is 22.2 Å². The highest BCUT2D eigenvalue weighted by Crippen LogP contribution is 2.44. The second-order valence-electron chi connectivity index (χ2n) is 10.4. The Bertz CT molecular complexity index is 980. The fraction of sp³-hybridized carbons (Fsp3) is 0.696. The molecule has 3 aliphatic rings. The number of hydrogen-bond donors (Lipinski definition) is 1. The number of nitrogens with zero attached hydrogens (tertiary/aromatic N) is 3. The van der Waals surface area contributed by atoms with E-state index >= 15 is 0 Å².